The summed E-state index contributed by atoms with van der Waals surface area (Å²) in [5.74, 6) is 2.42. The third-order valence-corrected chi connectivity index (χ3v) is 3.92. The van der Waals surface area contributed by atoms with E-state index < -0.39 is 0 Å². The van der Waals surface area contributed by atoms with Crippen molar-refractivity contribution in [2.75, 3.05) is 14.2 Å². The van der Waals surface area contributed by atoms with Gasteiger partial charge in [-0.3, -0.25) is 0 Å². The van der Waals surface area contributed by atoms with Gasteiger partial charge in [-0.25, -0.2) is 4.98 Å². The molecule has 0 radical (unpaired) electrons. The lowest BCUT2D eigenvalue weighted by atomic mass is 9.99. The molecule has 0 fully saturated rings. The zero-order valence-electron chi connectivity index (χ0n) is 13.5. The summed E-state index contributed by atoms with van der Waals surface area (Å²) in [4.78, 5) is 4.49. The lowest BCUT2D eigenvalue weighted by Crippen LogP contribution is -2.27. The number of imidazole rings is 1. The van der Waals surface area contributed by atoms with Gasteiger partial charge in [-0.05, 0) is 31.7 Å². The molecule has 0 saturated heterocycles. The Kier molecular flexibility index (Phi) is 5.02. The maximum atomic E-state index is 5.23. The maximum Gasteiger partial charge on any atom is 0.118 e. The molecule has 1 N–H and O–H groups in total. The Hall–Kier alpha value is -1.81. The number of ether oxygens (including phenoxy) is 1. The summed E-state index contributed by atoms with van der Waals surface area (Å²) in [7, 11) is 3.69. The van der Waals surface area contributed by atoms with Crippen molar-refractivity contribution < 1.29 is 4.74 Å². The van der Waals surface area contributed by atoms with Crippen molar-refractivity contribution in [2.24, 2.45) is 0 Å². The van der Waals surface area contributed by atoms with Crippen LogP contribution in [-0.2, 0) is 0 Å². The van der Waals surface area contributed by atoms with E-state index in [0.29, 0.717) is 5.92 Å². The van der Waals surface area contributed by atoms with Gasteiger partial charge in [0.05, 0.1) is 19.2 Å². The number of aromatic nitrogens is 2. The van der Waals surface area contributed by atoms with E-state index in [1.54, 1.807) is 7.11 Å². The average molecular weight is 287 g/mol. The summed E-state index contributed by atoms with van der Waals surface area (Å²) >= 11 is 0. The number of methoxy groups -OCH3 is 1. The molecule has 0 aliphatic heterocycles. The van der Waals surface area contributed by atoms with Crippen LogP contribution in [0.3, 0.4) is 0 Å². The summed E-state index contributed by atoms with van der Waals surface area (Å²) in [6.45, 7) is 6.57. The van der Waals surface area contributed by atoms with E-state index >= 15 is 0 Å². The zero-order chi connectivity index (χ0) is 15.4. The Morgan fingerprint density at radius 2 is 1.81 bits per heavy atom. The van der Waals surface area contributed by atoms with Crippen molar-refractivity contribution in [3.8, 4) is 5.75 Å². The van der Waals surface area contributed by atoms with Gasteiger partial charge < -0.3 is 14.6 Å². The maximum absolute atomic E-state index is 5.23. The van der Waals surface area contributed by atoms with Crippen molar-refractivity contribution in [2.45, 2.75) is 38.8 Å². The SMILES string of the molecule is CNC(c1ccc(OC)cc1)C(C)n1ccnc1C(C)C. The number of hydrogen-bond acceptors (Lipinski definition) is 3. The molecule has 114 valence electrons. The van der Waals surface area contributed by atoms with Crippen LogP contribution in [0.4, 0.5) is 0 Å². The molecule has 0 amide bonds. The Morgan fingerprint density at radius 3 is 2.33 bits per heavy atom. The Bertz CT molecular complexity index is 560. The molecule has 1 heterocycles. The second kappa shape index (κ2) is 6.76. The molecular weight excluding hydrogens is 262 g/mol. The van der Waals surface area contributed by atoms with Crippen LogP contribution < -0.4 is 10.1 Å². The lowest BCUT2D eigenvalue weighted by Gasteiger charge is -2.27. The third-order valence-electron chi connectivity index (χ3n) is 3.92. The number of rotatable bonds is 6. The van der Waals surface area contributed by atoms with E-state index in [4.69, 9.17) is 4.74 Å². The molecule has 0 bridgehead atoms. The highest BCUT2D eigenvalue weighted by atomic mass is 16.5. The number of likely N-dealkylation sites (N-methyl/N-ethyl adjacent to an activating group) is 1. The van der Waals surface area contributed by atoms with Crippen molar-refractivity contribution in [1.29, 1.82) is 0 Å². The normalized spacial score (nSPS) is 14.2. The van der Waals surface area contributed by atoms with Crippen LogP contribution in [0.5, 0.6) is 5.75 Å². The van der Waals surface area contributed by atoms with Crippen molar-refractivity contribution in [3.63, 3.8) is 0 Å². The minimum atomic E-state index is 0.225. The van der Waals surface area contributed by atoms with Gasteiger partial charge in [-0.2, -0.15) is 0 Å². The predicted molar refractivity (Wildman–Crippen MR) is 85.8 cm³/mol. The van der Waals surface area contributed by atoms with Gasteiger partial charge in [0, 0.05) is 18.3 Å². The minimum Gasteiger partial charge on any atom is -0.497 e. The number of nitrogens with one attached hydrogen (secondary N) is 1. The van der Waals surface area contributed by atoms with Crippen LogP contribution in [0.25, 0.3) is 0 Å². The van der Waals surface area contributed by atoms with Crippen molar-refractivity contribution in [1.82, 2.24) is 14.9 Å². The van der Waals surface area contributed by atoms with Gasteiger partial charge in [0.1, 0.15) is 11.6 Å². The second-order valence-electron chi connectivity index (χ2n) is 5.63. The first kappa shape index (κ1) is 15.6. The fourth-order valence-corrected chi connectivity index (χ4v) is 2.77. The molecule has 2 unspecified atom stereocenters. The molecule has 1 aromatic heterocycles. The molecule has 4 nitrogen and oxygen atoms in total. The summed E-state index contributed by atoms with van der Waals surface area (Å²) in [6.07, 6.45) is 3.94. The smallest absolute Gasteiger partial charge is 0.118 e. The Balaban J connectivity index is 2.29. The van der Waals surface area contributed by atoms with Crippen molar-refractivity contribution in [3.05, 3.63) is 48.0 Å². The Morgan fingerprint density at radius 1 is 1.14 bits per heavy atom. The number of nitrogens with zero attached hydrogens (tertiary/aromatic N) is 2. The highest BCUT2D eigenvalue weighted by Crippen LogP contribution is 2.29. The topological polar surface area (TPSA) is 39.1 Å². The Labute approximate surface area is 127 Å². The summed E-state index contributed by atoms with van der Waals surface area (Å²) in [6, 6.07) is 8.74. The van der Waals surface area contributed by atoms with Gasteiger partial charge in [0.15, 0.2) is 0 Å². The van der Waals surface area contributed by atoms with Gasteiger partial charge in [0.25, 0.3) is 0 Å². The summed E-state index contributed by atoms with van der Waals surface area (Å²) in [5, 5.41) is 3.42. The van der Waals surface area contributed by atoms with E-state index in [-0.39, 0.29) is 12.1 Å². The highest BCUT2D eigenvalue weighted by molar-refractivity contribution is 5.29. The van der Waals surface area contributed by atoms with Gasteiger partial charge in [-0.15, -0.1) is 0 Å². The zero-order valence-corrected chi connectivity index (χ0v) is 13.5. The molecule has 21 heavy (non-hydrogen) atoms. The summed E-state index contributed by atoms with van der Waals surface area (Å²) < 4.78 is 7.49. The first-order chi connectivity index (χ1) is 10.1. The molecule has 0 saturated carbocycles. The largest absolute Gasteiger partial charge is 0.497 e. The lowest BCUT2D eigenvalue weighted by molar-refractivity contribution is 0.385. The fraction of sp³-hybridized carbons (Fsp3) is 0.471. The summed E-state index contributed by atoms with van der Waals surface area (Å²) in [5.41, 5.74) is 1.24. The van der Waals surface area contributed by atoms with Crippen LogP contribution in [0.2, 0.25) is 0 Å². The minimum absolute atomic E-state index is 0.225. The molecule has 0 aliphatic carbocycles. The molecule has 0 aliphatic rings. The van der Waals surface area contributed by atoms with Crippen LogP contribution in [0, 0.1) is 0 Å². The average Bonchev–Trinajstić information content (AvgIpc) is 2.98. The first-order valence-electron chi connectivity index (χ1n) is 7.42. The highest BCUT2D eigenvalue weighted by Gasteiger charge is 2.22. The van der Waals surface area contributed by atoms with E-state index in [1.165, 1.54) is 5.56 Å². The predicted octanol–water partition coefficient (Wildman–Crippen LogP) is 3.54. The van der Waals surface area contributed by atoms with Gasteiger partial charge >= 0.3 is 0 Å². The van der Waals surface area contributed by atoms with E-state index in [9.17, 15) is 0 Å². The number of benzene rings is 1. The first-order valence-corrected chi connectivity index (χ1v) is 7.42. The van der Waals surface area contributed by atoms with Crippen LogP contribution in [0.1, 0.15) is 50.2 Å². The third kappa shape index (κ3) is 3.27. The monoisotopic (exact) mass is 287 g/mol. The van der Waals surface area contributed by atoms with Gasteiger partial charge in [0.2, 0.25) is 0 Å². The van der Waals surface area contributed by atoms with Crippen molar-refractivity contribution >= 4 is 0 Å². The number of hydrogen-bond donors (Lipinski definition) is 1. The quantitative estimate of drug-likeness (QED) is 0.883. The standard InChI is InChI=1S/C17H25N3O/c1-12(2)17-19-10-11-20(17)13(3)16(18-4)14-6-8-15(21-5)9-7-14/h6-13,16,18H,1-5H3. The van der Waals surface area contributed by atoms with E-state index in [2.05, 4.69) is 54.0 Å². The van der Waals surface area contributed by atoms with Crippen LogP contribution in [-0.4, -0.2) is 23.7 Å². The molecule has 4 heteroatoms. The van der Waals surface area contributed by atoms with Crippen LogP contribution in [0.15, 0.2) is 36.7 Å². The second-order valence-corrected chi connectivity index (χ2v) is 5.63. The van der Waals surface area contributed by atoms with E-state index in [1.807, 2.05) is 25.4 Å². The van der Waals surface area contributed by atoms with Gasteiger partial charge in [-0.1, -0.05) is 26.0 Å². The molecular formula is C17H25N3O. The van der Waals surface area contributed by atoms with Crippen LogP contribution >= 0.6 is 0 Å². The molecule has 2 rings (SSSR count). The van der Waals surface area contributed by atoms with E-state index in [0.717, 1.165) is 11.6 Å². The molecule has 0 spiro atoms. The molecule has 2 aromatic rings. The fourth-order valence-electron chi connectivity index (χ4n) is 2.77. The molecule has 1 aromatic carbocycles. The molecule has 2 atom stereocenters.